The first-order chi connectivity index (χ1) is 9.88. The minimum atomic E-state index is -3.68. The van der Waals surface area contributed by atoms with Gasteiger partial charge in [0.1, 0.15) is 4.21 Å². The lowest BCUT2D eigenvalue weighted by Gasteiger charge is -2.05. The third-order valence-corrected chi connectivity index (χ3v) is 5.82. The molecule has 0 atom stereocenters. The van der Waals surface area contributed by atoms with Crippen molar-refractivity contribution < 1.29 is 18.3 Å². The smallest absolute Gasteiger partial charge is 0.336 e. The van der Waals surface area contributed by atoms with E-state index >= 15 is 0 Å². The number of halogens is 1. The zero-order chi connectivity index (χ0) is 15.5. The average molecular weight is 346 g/mol. The van der Waals surface area contributed by atoms with Crippen molar-refractivity contribution in [3.8, 4) is 0 Å². The maximum atomic E-state index is 12.0. The van der Waals surface area contributed by atoms with Gasteiger partial charge in [-0.2, -0.15) is 0 Å². The number of hydrogen-bond donors (Lipinski definition) is 2. The van der Waals surface area contributed by atoms with Crippen molar-refractivity contribution in [2.75, 3.05) is 6.54 Å². The summed E-state index contributed by atoms with van der Waals surface area (Å²) in [6, 6.07) is 8.31. The Labute approximate surface area is 131 Å². The zero-order valence-corrected chi connectivity index (χ0v) is 13.1. The fourth-order valence-corrected chi connectivity index (χ4v) is 4.11. The molecule has 0 fully saturated rings. The predicted octanol–water partition coefficient (Wildman–Crippen LogP) is 2.62. The van der Waals surface area contributed by atoms with Crippen LogP contribution in [0.4, 0.5) is 0 Å². The van der Waals surface area contributed by atoms with E-state index in [1.54, 1.807) is 18.2 Å². The molecule has 0 amide bonds. The number of rotatable bonds is 6. The summed E-state index contributed by atoms with van der Waals surface area (Å²) >= 11 is 6.73. The van der Waals surface area contributed by atoms with Crippen molar-refractivity contribution >= 4 is 38.9 Å². The van der Waals surface area contributed by atoms with E-state index < -0.39 is 16.0 Å². The van der Waals surface area contributed by atoms with Crippen LogP contribution < -0.4 is 4.72 Å². The highest BCUT2D eigenvalue weighted by molar-refractivity contribution is 7.91. The molecule has 0 saturated heterocycles. The van der Waals surface area contributed by atoms with Gasteiger partial charge < -0.3 is 5.11 Å². The van der Waals surface area contributed by atoms with E-state index in [9.17, 15) is 13.2 Å². The minimum absolute atomic E-state index is 0.00834. The van der Waals surface area contributed by atoms with Crippen LogP contribution in [0.2, 0.25) is 5.02 Å². The van der Waals surface area contributed by atoms with E-state index in [-0.39, 0.29) is 16.3 Å². The SMILES string of the molecule is O=C(O)c1csc(S(=O)(=O)NCCc2cccc(Cl)c2)c1. The van der Waals surface area contributed by atoms with Crippen LogP contribution in [0.1, 0.15) is 15.9 Å². The summed E-state index contributed by atoms with van der Waals surface area (Å²) in [6.07, 6.45) is 0.497. The minimum Gasteiger partial charge on any atom is -0.478 e. The number of benzene rings is 1. The van der Waals surface area contributed by atoms with Crippen LogP contribution in [-0.2, 0) is 16.4 Å². The molecule has 1 aromatic heterocycles. The molecule has 0 saturated carbocycles. The van der Waals surface area contributed by atoms with Crippen molar-refractivity contribution in [1.82, 2.24) is 4.72 Å². The number of carbonyl (C=O) groups is 1. The number of sulfonamides is 1. The fraction of sp³-hybridized carbons (Fsp3) is 0.154. The Hall–Kier alpha value is -1.41. The molecular formula is C13H12ClNO4S2. The molecule has 8 heteroatoms. The molecule has 1 heterocycles. The van der Waals surface area contributed by atoms with Crippen LogP contribution >= 0.6 is 22.9 Å². The first kappa shape index (κ1) is 16.0. The standard InChI is InChI=1S/C13H12ClNO4S2/c14-11-3-1-2-9(6-11)4-5-15-21(18,19)12-7-10(8-20-12)13(16)17/h1-3,6-8,15H,4-5H2,(H,16,17). The van der Waals surface area contributed by atoms with Crippen molar-refractivity contribution in [3.63, 3.8) is 0 Å². The van der Waals surface area contributed by atoms with E-state index in [0.717, 1.165) is 23.0 Å². The fourth-order valence-electron chi connectivity index (χ4n) is 1.66. The van der Waals surface area contributed by atoms with Gasteiger partial charge in [0.25, 0.3) is 0 Å². The van der Waals surface area contributed by atoms with Gasteiger partial charge in [-0.25, -0.2) is 17.9 Å². The lowest BCUT2D eigenvalue weighted by Crippen LogP contribution is -2.25. The van der Waals surface area contributed by atoms with E-state index in [1.165, 1.54) is 5.38 Å². The Balaban J connectivity index is 1.99. The summed E-state index contributed by atoms with van der Waals surface area (Å²) in [7, 11) is -3.68. The third-order valence-electron chi connectivity index (χ3n) is 2.68. The molecule has 2 N–H and O–H groups in total. The molecule has 0 aliphatic carbocycles. The molecule has 2 aromatic rings. The number of carboxylic acids is 1. The second-order valence-corrected chi connectivity index (χ2v) is 7.58. The monoisotopic (exact) mass is 345 g/mol. The molecule has 0 aliphatic rings. The molecule has 0 aliphatic heterocycles. The Bertz CT molecular complexity index is 755. The van der Waals surface area contributed by atoms with Gasteiger partial charge in [-0.15, -0.1) is 11.3 Å². The number of thiophene rings is 1. The van der Waals surface area contributed by atoms with Gasteiger partial charge in [0.2, 0.25) is 10.0 Å². The van der Waals surface area contributed by atoms with Crippen LogP contribution in [0, 0.1) is 0 Å². The van der Waals surface area contributed by atoms with Crippen molar-refractivity contribution in [1.29, 1.82) is 0 Å². The molecule has 0 unspecified atom stereocenters. The van der Waals surface area contributed by atoms with Crippen LogP contribution in [0.3, 0.4) is 0 Å². The van der Waals surface area contributed by atoms with Crippen LogP contribution in [0.25, 0.3) is 0 Å². The number of aromatic carboxylic acids is 1. The van der Waals surface area contributed by atoms with E-state index in [1.807, 2.05) is 6.07 Å². The van der Waals surface area contributed by atoms with Gasteiger partial charge >= 0.3 is 5.97 Å². The van der Waals surface area contributed by atoms with Gasteiger partial charge in [-0.1, -0.05) is 23.7 Å². The van der Waals surface area contributed by atoms with Crippen LogP contribution in [-0.4, -0.2) is 26.0 Å². The first-order valence-corrected chi connectivity index (χ1v) is 8.68. The molecule has 112 valence electrons. The molecular weight excluding hydrogens is 334 g/mol. The second kappa shape index (κ2) is 6.57. The molecule has 21 heavy (non-hydrogen) atoms. The van der Waals surface area contributed by atoms with Gasteiger partial charge in [0.15, 0.2) is 0 Å². The van der Waals surface area contributed by atoms with Gasteiger partial charge in [-0.05, 0) is 30.2 Å². The summed E-state index contributed by atoms with van der Waals surface area (Å²) in [4.78, 5) is 10.8. The summed E-state index contributed by atoms with van der Waals surface area (Å²) < 4.78 is 26.4. The maximum Gasteiger partial charge on any atom is 0.336 e. The topological polar surface area (TPSA) is 83.5 Å². The second-order valence-electron chi connectivity index (χ2n) is 4.24. The highest BCUT2D eigenvalue weighted by atomic mass is 35.5. The van der Waals surface area contributed by atoms with Gasteiger partial charge in [0.05, 0.1) is 5.56 Å². The number of nitrogens with one attached hydrogen (secondary N) is 1. The predicted molar refractivity (Wildman–Crippen MR) is 81.6 cm³/mol. The largest absolute Gasteiger partial charge is 0.478 e. The molecule has 0 radical (unpaired) electrons. The summed E-state index contributed by atoms with van der Waals surface area (Å²) in [5, 5.41) is 10.7. The molecule has 0 bridgehead atoms. The van der Waals surface area contributed by atoms with Gasteiger partial charge in [0, 0.05) is 16.9 Å². The average Bonchev–Trinajstić information content (AvgIpc) is 2.89. The number of carboxylic acid groups (broad SMARTS) is 1. The Morgan fingerprint density at radius 3 is 2.71 bits per heavy atom. The highest BCUT2D eigenvalue weighted by Gasteiger charge is 2.18. The molecule has 2 rings (SSSR count). The van der Waals surface area contributed by atoms with Crippen molar-refractivity contribution in [2.24, 2.45) is 0 Å². The zero-order valence-electron chi connectivity index (χ0n) is 10.7. The molecule has 5 nitrogen and oxygen atoms in total. The van der Waals surface area contributed by atoms with Crippen LogP contribution in [0.15, 0.2) is 39.9 Å². The summed E-state index contributed by atoms with van der Waals surface area (Å²) in [5.74, 6) is -1.15. The quantitative estimate of drug-likeness (QED) is 0.843. The van der Waals surface area contributed by atoms with Crippen molar-refractivity contribution in [2.45, 2.75) is 10.6 Å². The molecule has 1 aromatic carbocycles. The summed E-state index contributed by atoms with van der Waals surface area (Å²) in [6.45, 7) is 0.211. The maximum absolute atomic E-state index is 12.0. The summed E-state index contributed by atoms with van der Waals surface area (Å²) in [5.41, 5.74) is 0.887. The number of hydrogen-bond acceptors (Lipinski definition) is 4. The lowest BCUT2D eigenvalue weighted by molar-refractivity contribution is 0.0697. The Morgan fingerprint density at radius 2 is 2.10 bits per heavy atom. The highest BCUT2D eigenvalue weighted by Crippen LogP contribution is 2.20. The molecule has 0 spiro atoms. The van der Waals surface area contributed by atoms with Gasteiger partial charge in [-0.3, -0.25) is 0 Å². The Morgan fingerprint density at radius 1 is 1.33 bits per heavy atom. The van der Waals surface area contributed by atoms with Crippen LogP contribution in [0.5, 0.6) is 0 Å². The lowest BCUT2D eigenvalue weighted by atomic mass is 10.2. The Kier molecular flexibility index (Phi) is 5.00. The van der Waals surface area contributed by atoms with Crippen molar-refractivity contribution in [3.05, 3.63) is 51.9 Å². The normalized spacial score (nSPS) is 11.5. The first-order valence-electron chi connectivity index (χ1n) is 5.94. The third kappa shape index (κ3) is 4.28. The van der Waals surface area contributed by atoms with E-state index in [0.29, 0.717) is 11.4 Å². The van der Waals surface area contributed by atoms with E-state index in [2.05, 4.69) is 4.72 Å². The van der Waals surface area contributed by atoms with E-state index in [4.69, 9.17) is 16.7 Å².